The van der Waals surface area contributed by atoms with E-state index in [4.69, 9.17) is 4.98 Å². The van der Waals surface area contributed by atoms with Crippen LogP contribution in [0.4, 0.5) is 5.82 Å². The highest BCUT2D eigenvalue weighted by molar-refractivity contribution is 6.04. The summed E-state index contributed by atoms with van der Waals surface area (Å²) in [6, 6.07) is 4.88. The van der Waals surface area contributed by atoms with Crippen molar-refractivity contribution in [1.29, 1.82) is 0 Å². The molecule has 3 heterocycles. The van der Waals surface area contributed by atoms with Crippen molar-refractivity contribution in [3.63, 3.8) is 0 Å². The first-order valence-corrected chi connectivity index (χ1v) is 14.2. The van der Waals surface area contributed by atoms with Crippen LogP contribution in [0, 0.1) is 5.92 Å². The number of nitrogens with one attached hydrogen (secondary N) is 1. The van der Waals surface area contributed by atoms with E-state index in [0.29, 0.717) is 11.7 Å². The minimum Gasteiger partial charge on any atom is -0.357 e. The second kappa shape index (κ2) is 11.3. The Morgan fingerprint density at radius 1 is 0.971 bits per heavy atom. The van der Waals surface area contributed by atoms with E-state index in [1.165, 1.54) is 77.2 Å². The van der Waals surface area contributed by atoms with Crippen LogP contribution in [-0.4, -0.2) is 64.3 Å². The average molecular weight is 481 g/mol. The molecule has 1 aliphatic heterocycles. The Labute approximate surface area is 210 Å². The number of aromatic nitrogens is 3. The monoisotopic (exact) mass is 480 g/mol. The molecule has 0 radical (unpaired) electrons. The SMILES string of the molecule is CN(c1ccc2c(C(=O)NC3CCN(CC4CCCCC4)CC3)nn(C)c2n1)C1CCCCCC1. The zero-order valence-electron chi connectivity index (χ0n) is 21.8. The van der Waals surface area contributed by atoms with Crippen LogP contribution in [0.5, 0.6) is 0 Å². The van der Waals surface area contributed by atoms with Crippen molar-refractivity contribution >= 4 is 22.8 Å². The van der Waals surface area contributed by atoms with Crippen molar-refractivity contribution in [2.75, 3.05) is 31.6 Å². The number of carbonyl (C=O) groups excluding carboxylic acids is 1. The summed E-state index contributed by atoms with van der Waals surface area (Å²) in [5, 5.41) is 8.71. The summed E-state index contributed by atoms with van der Waals surface area (Å²) in [5.41, 5.74) is 1.29. The zero-order chi connectivity index (χ0) is 24.2. The topological polar surface area (TPSA) is 66.3 Å². The molecule has 7 heteroatoms. The Kier molecular flexibility index (Phi) is 7.91. The first-order valence-electron chi connectivity index (χ1n) is 14.2. The standard InChI is InChI=1S/C28H44N6O/c1-32(23-12-8-3-4-9-13-23)25-15-14-24-26(31-33(2)27(24)30-25)28(35)29-22-16-18-34(19-17-22)20-21-10-6-5-7-11-21/h14-15,21-23H,3-13,16-20H2,1-2H3,(H,29,35). The van der Waals surface area contributed by atoms with E-state index >= 15 is 0 Å². The maximum absolute atomic E-state index is 13.2. The van der Waals surface area contributed by atoms with Gasteiger partial charge in [-0.2, -0.15) is 5.10 Å². The number of fused-ring (bicyclic) bond motifs is 1. The first-order chi connectivity index (χ1) is 17.1. The number of piperidine rings is 1. The van der Waals surface area contributed by atoms with Gasteiger partial charge in [0.05, 0.1) is 5.39 Å². The smallest absolute Gasteiger partial charge is 0.272 e. The molecule has 2 aromatic heterocycles. The number of pyridine rings is 1. The summed E-state index contributed by atoms with van der Waals surface area (Å²) in [6.45, 7) is 3.42. The van der Waals surface area contributed by atoms with Gasteiger partial charge in [-0.15, -0.1) is 0 Å². The van der Waals surface area contributed by atoms with Gasteiger partial charge in [0.15, 0.2) is 11.3 Å². The lowest BCUT2D eigenvalue weighted by Crippen LogP contribution is -2.46. The van der Waals surface area contributed by atoms with Gasteiger partial charge in [-0.25, -0.2) is 9.67 Å². The van der Waals surface area contributed by atoms with Gasteiger partial charge in [-0.1, -0.05) is 44.9 Å². The zero-order valence-corrected chi connectivity index (χ0v) is 21.8. The fraction of sp³-hybridized carbons (Fsp3) is 0.750. The van der Waals surface area contributed by atoms with Crippen molar-refractivity contribution in [3.05, 3.63) is 17.8 Å². The van der Waals surface area contributed by atoms with E-state index in [0.717, 1.165) is 48.7 Å². The number of anilines is 1. The van der Waals surface area contributed by atoms with Gasteiger partial charge in [0, 0.05) is 45.8 Å². The van der Waals surface area contributed by atoms with Crippen LogP contribution >= 0.6 is 0 Å². The first kappa shape index (κ1) is 24.5. The Morgan fingerprint density at radius 2 is 1.63 bits per heavy atom. The van der Waals surface area contributed by atoms with Crippen molar-refractivity contribution in [2.45, 2.75) is 95.6 Å². The minimum absolute atomic E-state index is 0.0620. The van der Waals surface area contributed by atoms with E-state index in [1.54, 1.807) is 4.68 Å². The molecule has 2 saturated carbocycles. The number of hydrogen-bond acceptors (Lipinski definition) is 5. The molecule has 1 saturated heterocycles. The molecule has 192 valence electrons. The Morgan fingerprint density at radius 3 is 2.34 bits per heavy atom. The molecular formula is C28H44N6O. The number of likely N-dealkylation sites (tertiary alicyclic amines) is 1. The molecule has 3 fully saturated rings. The predicted molar refractivity (Wildman–Crippen MR) is 142 cm³/mol. The third-order valence-corrected chi connectivity index (χ3v) is 8.78. The van der Waals surface area contributed by atoms with Crippen LogP contribution in [0.3, 0.4) is 0 Å². The summed E-state index contributed by atoms with van der Waals surface area (Å²) >= 11 is 0. The van der Waals surface area contributed by atoms with Crippen LogP contribution in [0.15, 0.2) is 12.1 Å². The summed E-state index contributed by atoms with van der Waals surface area (Å²) < 4.78 is 1.77. The second-order valence-electron chi connectivity index (χ2n) is 11.3. The third kappa shape index (κ3) is 5.82. The highest BCUT2D eigenvalue weighted by atomic mass is 16.2. The van der Waals surface area contributed by atoms with Gasteiger partial charge >= 0.3 is 0 Å². The van der Waals surface area contributed by atoms with Crippen LogP contribution in [0.25, 0.3) is 11.0 Å². The van der Waals surface area contributed by atoms with Gasteiger partial charge < -0.3 is 15.1 Å². The van der Waals surface area contributed by atoms with Gasteiger partial charge in [0.25, 0.3) is 5.91 Å². The normalized spacial score (nSPS) is 21.8. The van der Waals surface area contributed by atoms with E-state index in [1.807, 2.05) is 13.1 Å². The summed E-state index contributed by atoms with van der Waals surface area (Å²) in [6.07, 6.45) is 16.8. The maximum Gasteiger partial charge on any atom is 0.272 e. The molecule has 1 N–H and O–H groups in total. The van der Waals surface area contributed by atoms with Gasteiger partial charge in [-0.3, -0.25) is 4.79 Å². The van der Waals surface area contributed by atoms with Crippen molar-refractivity contribution in [1.82, 2.24) is 25.0 Å². The van der Waals surface area contributed by atoms with Gasteiger partial charge in [0.1, 0.15) is 5.82 Å². The quantitative estimate of drug-likeness (QED) is 0.596. The summed E-state index contributed by atoms with van der Waals surface area (Å²) in [7, 11) is 4.06. The van der Waals surface area contributed by atoms with Crippen molar-refractivity contribution in [2.24, 2.45) is 13.0 Å². The van der Waals surface area contributed by atoms with Crippen LogP contribution in [0.1, 0.15) is 94.0 Å². The number of hydrogen-bond donors (Lipinski definition) is 1. The lowest BCUT2D eigenvalue weighted by molar-refractivity contribution is 0.0897. The number of nitrogens with zero attached hydrogens (tertiary/aromatic N) is 5. The molecule has 0 unspecified atom stereocenters. The van der Waals surface area contributed by atoms with Crippen LogP contribution < -0.4 is 10.2 Å². The van der Waals surface area contributed by atoms with E-state index in [-0.39, 0.29) is 11.9 Å². The molecule has 0 atom stereocenters. The number of amides is 1. The second-order valence-corrected chi connectivity index (χ2v) is 11.3. The summed E-state index contributed by atoms with van der Waals surface area (Å²) in [4.78, 5) is 23.1. The van der Waals surface area contributed by atoms with E-state index in [9.17, 15) is 4.79 Å². The average Bonchev–Trinajstić information content (AvgIpc) is 3.04. The predicted octanol–water partition coefficient (Wildman–Crippen LogP) is 4.90. The highest BCUT2D eigenvalue weighted by Crippen LogP contribution is 2.28. The molecule has 2 aliphatic carbocycles. The third-order valence-electron chi connectivity index (χ3n) is 8.78. The molecule has 5 rings (SSSR count). The fourth-order valence-electron chi connectivity index (χ4n) is 6.57. The molecular weight excluding hydrogens is 436 g/mol. The molecule has 0 aromatic carbocycles. The Balaban J connectivity index is 1.20. The molecule has 35 heavy (non-hydrogen) atoms. The molecule has 7 nitrogen and oxygen atoms in total. The lowest BCUT2D eigenvalue weighted by Gasteiger charge is -2.35. The maximum atomic E-state index is 13.2. The molecule has 0 bridgehead atoms. The molecule has 0 spiro atoms. The molecule has 2 aromatic rings. The Hall–Kier alpha value is -2.15. The molecule has 1 amide bonds. The number of carbonyl (C=O) groups is 1. The number of aryl methyl sites for hydroxylation is 1. The van der Waals surface area contributed by atoms with Gasteiger partial charge in [-0.05, 0) is 56.6 Å². The highest BCUT2D eigenvalue weighted by Gasteiger charge is 2.26. The largest absolute Gasteiger partial charge is 0.357 e. The Bertz CT molecular complexity index is 981. The lowest BCUT2D eigenvalue weighted by atomic mass is 9.88. The van der Waals surface area contributed by atoms with E-state index < -0.39 is 0 Å². The fourth-order valence-corrected chi connectivity index (χ4v) is 6.57. The number of rotatable bonds is 6. The minimum atomic E-state index is -0.0620. The summed E-state index contributed by atoms with van der Waals surface area (Å²) in [5.74, 6) is 1.80. The van der Waals surface area contributed by atoms with Crippen molar-refractivity contribution < 1.29 is 4.79 Å². The van der Waals surface area contributed by atoms with Crippen molar-refractivity contribution in [3.8, 4) is 0 Å². The molecule has 3 aliphatic rings. The van der Waals surface area contributed by atoms with Gasteiger partial charge in [0.2, 0.25) is 0 Å². The van der Waals surface area contributed by atoms with Crippen LogP contribution in [0.2, 0.25) is 0 Å². The van der Waals surface area contributed by atoms with E-state index in [2.05, 4.69) is 33.3 Å². The van der Waals surface area contributed by atoms with Crippen LogP contribution in [-0.2, 0) is 7.05 Å².